The van der Waals surface area contributed by atoms with Crippen molar-refractivity contribution in [2.75, 3.05) is 0 Å². The number of benzene rings is 1. The summed E-state index contributed by atoms with van der Waals surface area (Å²) in [5, 5.41) is 11.3. The fraction of sp³-hybridized carbons (Fsp3) is 0.385. The molecule has 0 aliphatic rings. The number of hydrogen-bond donors (Lipinski definition) is 1. The second-order valence-corrected chi connectivity index (χ2v) is 4.99. The molecule has 1 aromatic rings. The summed E-state index contributed by atoms with van der Waals surface area (Å²) in [7, 11) is 0. The fourth-order valence-corrected chi connectivity index (χ4v) is 2.00. The van der Waals surface area contributed by atoms with E-state index < -0.39 is 23.7 Å². The maximum Gasteiger partial charge on any atom is 0.416 e. The van der Waals surface area contributed by atoms with Crippen LogP contribution in [0.2, 0.25) is 0 Å². The van der Waals surface area contributed by atoms with Crippen molar-refractivity contribution < 1.29 is 18.0 Å². The zero-order chi connectivity index (χ0) is 15.3. The minimum Gasteiger partial charge on any atom is -0.336 e. The molecule has 3 nitrogen and oxygen atoms in total. The summed E-state index contributed by atoms with van der Waals surface area (Å²) in [6.45, 7) is 1.84. The lowest BCUT2D eigenvalue weighted by Gasteiger charge is -2.13. The van der Waals surface area contributed by atoms with Crippen LogP contribution in [0.5, 0.6) is 0 Å². The summed E-state index contributed by atoms with van der Waals surface area (Å²) in [6.07, 6.45) is -3.39. The maximum atomic E-state index is 12.6. The maximum absolute atomic E-state index is 12.6. The molecule has 1 aromatic carbocycles. The van der Waals surface area contributed by atoms with E-state index in [4.69, 9.17) is 5.26 Å². The monoisotopic (exact) mass is 348 g/mol. The van der Waals surface area contributed by atoms with Gasteiger partial charge in [-0.15, -0.1) is 0 Å². The van der Waals surface area contributed by atoms with E-state index in [1.807, 2.05) is 13.0 Å². The van der Waals surface area contributed by atoms with Gasteiger partial charge in [-0.25, -0.2) is 0 Å². The summed E-state index contributed by atoms with van der Waals surface area (Å²) in [4.78, 5) is 11.9. The van der Waals surface area contributed by atoms with Crippen molar-refractivity contribution in [3.63, 3.8) is 0 Å². The van der Waals surface area contributed by atoms with Crippen molar-refractivity contribution in [3.8, 4) is 6.07 Å². The normalized spacial score (nSPS) is 12.6. The number of carbonyl (C=O) groups is 1. The van der Waals surface area contributed by atoms with E-state index in [0.717, 1.165) is 12.1 Å². The van der Waals surface area contributed by atoms with Crippen molar-refractivity contribution in [3.05, 3.63) is 33.8 Å². The molecule has 0 aliphatic heterocycles. The number of halogens is 4. The van der Waals surface area contributed by atoms with Gasteiger partial charge in [0.2, 0.25) is 0 Å². The lowest BCUT2D eigenvalue weighted by Crippen LogP contribution is -2.34. The molecule has 0 fully saturated rings. The molecule has 1 N–H and O–H groups in total. The van der Waals surface area contributed by atoms with Crippen LogP contribution in [0, 0.1) is 11.3 Å². The standard InChI is InChI=1S/C13H12BrF3N2O/c1-2-3-9(7-18)19-12(20)10-6-8(13(15,16)17)4-5-11(10)14/h4-6,9H,2-3H2,1H3,(H,19,20). The van der Waals surface area contributed by atoms with Gasteiger partial charge in [-0.2, -0.15) is 18.4 Å². The first kappa shape index (κ1) is 16.5. The summed E-state index contributed by atoms with van der Waals surface area (Å²) < 4.78 is 38.1. The number of hydrogen-bond acceptors (Lipinski definition) is 2. The highest BCUT2D eigenvalue weighted by Crippen LogP contribution is 2.31. The highest BCUT2D eigenvalue weighted by Gasteiger charge is 2.31. The Morgan fingerprint density at radius 1 is 1.50 bits per heavy atom. The molecule has 0 aliphatic carbocycles. The third-order valence-electron chi connectivity index (χ3n) is 2.58. The average Bonchev–Trinajstić information content (AvgIpc) is 2.37. The number of rotatable bonds is 4. The number of amides is 1. The molecule has 1 unspecified atom stereocenters. The van der Waals surface area contributed by atoms with Crippen LogP contribution < -0.4 is 5.32 Å². The Morgan fingerprint density at radius 3 is 2.65 bits per heavy atom. The molecule has 0 saturated heterocycles. The minimum atomic E-state index is -4.52. The zero-order valence-corrected chi connectivity index (χ0v) is 12.2. The molecule has 0 saturated carbocycles. The predicted octanol–water partition coefficient (Wildman–Crippen LogP) is 3.89. The van der Waals surface area contributed by atoms with Crippen LogP contribution in [0.1, 0.15) is 35.7 Å². The summed E-state index contributed by atoms with van der Waals surface area (Å²) >= 11 is 3.04. The van der Waals surface area contributed by atoms with E-state index in [-0.39, 0.29) is 10.0 Å². The highest BCUT2D eigenvalue weighted by atomic mass is 79.9. The zero-order valence-electron chi connectivity index (χ0n) is 10.6. The van der Waals surface area contributed by atoms with Crippen molar-refractivity contribution in [1.82, 2.24) is 5.32 Å². The molecule has 108 valence electrons. The van der Waals surface area contributed by atoms with Crippen LogP contribution in [0.3, 0.4) is 0 Å². The molecule has 7 heteroatoms. The number of nitrogens with zero attached hydrogens (tertiary/aromatic N) is 1. The van der Waals surface area contributed by atoms with E-state index in [9.17, 15) is 18.0 Å². The second-order valence-electron chi connectivity index (χ2n) is 4.14. The summed E-state index contributed by atoms with van der Waals surface area (Å²) in [5.41, 5.74) is -1.05. The average molecular weight is 349 g/mol. The van der Waals surface area contributed by atoms with Crippen LogP contribution in [0.4, 0.5) is 13.2 Å². The second kappa shape index (κ2) is 6.75. The van der Waals surface area contributed by atoms with Crippen LogP contribution >= 0.6 is 15.9 Å². The summed E-state index contributed by atoms with van der Waals surface area (Å²) in [6, 6.07) is 4.00. The summed E-state index contributed by atoms with van der Waals surface area (Å²) in [5.74, 6) is -0.706. The van der Waals surface area contributed by atoms with Gasteiger partial charge < -0.3 is 5.32 Å². The highest BCUT2D eigenvalue weighted by molar-refractivity contribution is 9.10. The Labute approximate surface area is 122 Å². The van der Waals surface area contributed by atoms with Crippen LogP contribution in [-0.4, -0.2) is 11.9 Å². The van der Waals surface area contributed by atoms with E-state index >= 15 is 0 Å². The Balaban J connectivity index is 3.01. The Kier molecular flexibility index (Phi) is 5.57. The third-order valence-corrected chi connectivity index (χ3v) is 3.27. The van der Waals surface area contributed by atoms with Gasteiger partial charge in [0.1, 0.15) is 6.04 Å². The molecule has 0 bridgehead atoms. The molecule has 0 spiro atoms. The molecular formula is C13H12BrF3N2O. The van der Waals surface area contributed by atoms with Crippen LogP contribution in [-0.2, 0) is 6.18 Å². The van der Waals surface area contributed by atoms with Gasteiger partial charge in [0, 0.05) is 4.47 Å². The lowest BCUT2D eigenvalue weighted by molar-refractivity contribution is -0.137. The fourth-order valence-electron chi connectivity index (χ4n) is 1.57. The number of alkyl halides is 3. The number of nitrogens with one attached hydrogen (secondary N) is 1. The molecule has 0 radical (unpaired) electrons. The molecule has 0 aromatic heterocycles. The molecule has 1 amide bonds. The lowest BCUT2D eigenvalue weighted by atomic mass is 10.1. The van der Waals surface area contributed by atoms with Crippen LogP contribution in [0.25, 0.3) is 0 Å². The number of carbonyl (C=O) groups excluding carboxylic acids is 1. The quantitative estimate of drug-likeness (QED) is 0.897. The van der Waals surface area contributed by atoms with Gasteiger partial charge in [-0.1, -0.05) is 13.3 Å². The van der Waals surface area contributed by atoms with E-state index in [0.29, 0.717) is 12.8 Å². The number of nitriles is 1. The first-order valence-corrected chi connectivity index (χ1v) is 6.66. The van der Waals surface area contributed by atoms with Crippen molar-refractivity contribution in [1.29, 1.82) is 5.26 Å². The van der Waals surface area contributed by atoms with E-state index in [1.165, 1.54) is 6.07 Å². The van der Waals surface area contributed by atoms with Crippen molar-refractivity contribution in [2.24, 2.45) is 0 Å². The Hall–Kier alpha value is -1.55. The van der Waals surface area contributed by atoms with E-state index in [2.05, 4.69) is 21.2 Å². The Morgan fingerprint density at radius 2 is 2.15 bits per heavy atom. The van der Waals surface area contributed by atoms with Crippen LogP contribution in [0.15, 0.2) is 22.7 Å². The van der Waals surface area contributed by atoms with E-state index in [1.54, 1.807) is 0 Å². The topological polar surface area (TPSA) is 52.9 Å². The smallest absolute Gasteiger partial charge is 0.336 e. The Bertz CT molecular complexity index is 537. The molecule has 1 rings (SSSR count). The predicted molar refractivity (Wildman–Crippen MR) is 70.9 cm³/mol. The van der Waals surface area contributed by atoms with Gasteiger partial charge in [-0.05, 0) is 40.5 Å². The first-order chi connectivity index (χ1) is 9.29. The van der Waals surface area contributed by atoms with Gasteiger partial charge in [-0.3, -0.25) is 4.79 Å². The molecule has 1 atom stereocenters. The first-order valence-electron chi connectivity index (χ1n) is 5.86. The van der Waals surface area contributed by atoms with Gasteiger partial charge in [0.05, 0.1) is 17.2 Å². The molecule has 0 heterocycles. The molecule has 20 heavy (non-hydrogen) atoms. The minimum absolute atomic E-state index is 0.142. The SMILES string of the molecule is CCCC(C#N)NC(=O)c1cc(C(F)(F)F)ccc1Br. The van der Waals surface area contributed by atoms with Gasteiger partial charge >= 0.3 is 6.18 Å². The van der Waals surface area contributed by atoms with Crippen molar-refractivity contribution in [2.45, 2.75) is 32.0 Å². The third kappa shape index (κ3) is 4.23. The van der Waals surface area contributed by atoms with Crippen molar-refractivity contribution >= 4 is 21.8 Å². The van der Waals surface area contributed by atoms with Gasteiger partial charge in [0.15, 0.2) is 0 Å². The largest absolute Gasteiger partial charge is 0.416 e. The van der Waals surface area contributed by atoms with Gasteiger partial charge in [0.25, 0.3) is 5.91 Å². The molecular weight excluding hydrogens is 337 g/mol.